The van der Waals surface area contributed by atoms with Crippen LogP contribution in [0.15, 0.2) is 29.3 Å². The number of hydrogen-bond donors (Lipinski definition) is 1. The predicted octanol–water partition coefficient (Wildman–Crippen LogP) is 1.51. The lowest BCUT2D eigenvalue weighted by atomic mass is 10.2. The molecule has 1 amide bonds. The maximum atomic E-state index is 13.1. The van der Waals surface area contributed by atoms with Gasteiger partial charge in [0.15, 0.2) is 0 Å². The number of amidine groups is 1. The zero-order valence-electron chi connectivity index (χ0n) is 12.0. The van der Waals surface area contributed by atoms with Gasteiger partial charge in [-0.05, 0) is 39.2 Å². The molecule has 0 atom stereocenters. The molecule has 0 bridgehead atoms. The van der Waals surface area contributed by atoms with E-state index < -0.39 is 11.7 Å². The molecule has 0 unspecified atom stereocenters. The maximum absolute atomic E-state index is 13.1. The summed E-state index contributed by atoms with van der Waals surface area (Å²) in [7, 11) is 3.86. The van der Waals surface area contributed by atoms with E-state index in [2.05, 4.69) is 10.3 Å². The summed E-state index contributed by atoms with van der Waals surface area (Å²) in [5.74, 6) is -0.901. The first-order valence-electron chi connectivity index (χ1n) is 6.41. The van der Waals surface area contributed by atoms with Crippen LogP contribution in [0.5, 0.6) is 0 Å². The van der Waals surface area contributed by atoms with Gasteiger partial charge in [-0.25, -0.2) is 9.38 Å². The second-order valence-corrected chi connectivity index (χ2v) is 4.39. The predicted molar refractivity (Wildman–Crippen MR) is 76.3 cm³/mol. The standard InChI is InChI=1S/C14H20FN3O2/c1-4-20-14(16-8-9-18(2)3)17-13(19)11-6-5-7-12(15)10-11/h5-7,10H,4,8-9H2,1-3H3,(H,16,17,19). The van der Waals surface area contributed by atoms with E-state index in [4.69, 9.17) is 4.74 Å². The normalized spacial score (nSPS) is 11.6. The van der Waals surface area contributed by atoms with Gasteiger partial charge < -0.3 is 9.64 Å². The van der Waals surface area contributed by atoms with Crippen molar-refractivity contribution < 1.29 is 13.9 Å². The van der Waals surface area contributed by atoms with E-state index in [0.29, 0.717) is 13.2 Å². The molecule has 1 N–H and O–H groups in total. The molecule has 0 aromatic heterocycles. The van der Waals surface area contributed by atoms with Gasteiger partial charge in [0.25, 0.3) is 11.9 Å². The van der Waals surface area contributed by atoms with Gasteiger partial charge in [-0.1, -0.05) is 6.07 Å². The van der Waals surface area contributed by atoms with E-state index in [1.54, 1.807) is 6.92 Å². The van der Waals surface area contributed by atoms with Crippen LogP contribution in [0.4, 0.5) is 4.39 Å². The molecule has 0 aliphatic rings. The Labute approximate surface area is 118 Å². The molecule has 0 saturated carbocycles. The third-order valence-electron chi connectivity index (χ3n) is 2.39. The first kappa shape index (κ1) is 16.1. The van der Waals surface area contributed by atoms with Crippen LogP contribution in [0.3, 0.4) is 0 Å². The summed E-state index contributed by atoms with van der Waals surface area (Å²) in [5.41, 5.74) is 0.227. The van der Waals surface area contributed by atoms with Crippen LogP contribution < -0.4 is 5.32 Å². The third-order valence-corrected chi connectivity index (χ3v) is 2.39. The summed E-state index contributed by atoms with van der Waals surface area (Å²) < 4.78 is 18.3. The molecule has 0 spiro atoms. The Morgan fingerprint density at radius 3 is 2.80 bits per heavy atom. The van der Waals surface area contributed by atoms with Gasteiger partial charge in [-0.15, -0.1) is 0 Å². The molecular formula is C14H20FN3O2. The summed E-state index contributed by atoms with van der Waals surface area (Å²) in [6, 6.07) is 5.61. The van der Waals surface area contributed by atoms with E-state index in [9.17, 15) is 9.18 Å². The van der Waals surface area contributed by atoms with Crippen LogP contribution in [0.1, 0.15) is 17.3 Å². The molecule has 110 valence electrons. The van der Waals surface area contributed by atoms with Gasteiger partial charge in [0.2, 0.25) is 0 Å². The number of benzene rings is 1. The zero-order chi connectivity index (χ0) is 15.0. The lowest BCUT2D eigenvalue weighted by Gasteiger charge is -2.11. The Kier molecular flexibility index (Phi) is 6.66. The summed E-state index contributed by atoms with van der Waals surface area (Å²) in [6.45, 7) is 3.44. The highest BCUT2D eigenvalue weighted by Crippen LogP contribution is 2.03. The van der Waals surface area contributed by atoms with Crippen molar-refractivity contribution in [3.05, 3.63) is 35.6 Å². The van der Waals surface area contributed by atoms with Crippen molar-refractivity contribution in [3.63, 3.8) is 0 Å². The van der Waals surface area contributed by atoms with Crippen molar-refractivity contribution in [3.8, 4) is 0 Å². The molecule has 1 aromatic rings. The Balaban J connectivity index is 2.67. The van der Waals surface area contributed by atoms with Crippen LogP contribution in [0.2, 0.25) is 0 Å². The maximum Gasteiger partial charge on any atom is 0.291 e. The van der Waals surface area contributed by atoms with Gasteiger partial charge >= 0.3 is 0 Å². The summed E-state index contributed by atoms with van der Waals surface area (Å²) in [4.78, 5) is 18.1. The topological polar surface area (TPSA) is 53.9 Å². The van der Waals surface area contributed by atoms with Gasteiger partial charge in [0, 0.05) is 12.1 Å². The van der Waals surface area contributed by atoms with Crippen molar-refractivity contribution in [1.29, 1.82) is 0 Å². The third kappa shape index (κ3) is 5.79. The minimum atomic E-state index is -0.458. The van der Waals surface area contributed by atoms with E-state index in [1.807, 2.05) is 19.0 Å². The minimum absolute atomic E-state index is 0.156. The first-order valence-corrected chi connectivity index (χ1v) is 6.41. The SMILES string of the molecule is CCOC(=NCCN(C)C)NC(=O)c1cccc(F)c1. The molecule has 20 heavy (non-hydrogen) atoms. The number of carbonyl (C=O) groups is 1. The molecule has 1 aromatic carbocycles. The Morgan fingerprint density at radius 1 is 1.45 bits per heavy atom. The average molecular weight is 281 g/mol. The summed E-state index contributed by atoms with van der Waals surface area (Å²) in [6.07, 6.45) is 0. The lowest BCUT2D eigenvalue weighted by Crippen LogP contribution is -2.33. The van der Waals surface area contributed by atoms with Crippen LogP contribution in [-0.4, -0.2) is 50.6 Å². The highest BCUT2D eigenvalue weighted by molar-refractivity contribution is 6.04. The number of carbonyl (C=O) groups excluding carboxylic acids is 1. The number of nitrogens with zero attached hydrogens (tertiary/aromatic N) is 2. The Bertz CT molecular complexity index is 475. The van der Waals surface area contributed by atoms with Crippen molar-refractivity contribution in [2.45, 2.75) is 6.92 Å². The number of ether oxygens (including phenoxy) is 1. The molecule has 5 nitrogen and oxygen atoms in total. The van der Waals surface area contributed by atoms with E-state index in [1.165, 1.54) is 24.3 Å². The van der Waals surface area contributed by atoms with Crippen molar-refractivity contribution >= 4 is 11.9 Å². The molecule has 1 rings (SSSR count). The quantitative estimate of drug-likeness (QED) is 0.657. The highest BCUT2D eigenvalue weighted by Gasteiger charge is 2.10. The van der Waals surface area contributed by atoms with E-state index >= 15 is 0 Å². The Morgan fingerprint density at radius 2 is 2.20 bits per heavy atom. The molecule has 0 aliphatic carbocycles. The highest BCUT2D eigenvalue weighted by atomic mass is 19.1. The minimum Gasteiger partial charge on any atom is -0.465 e. The molecule has 0 aliphatic heterocycles. The molecule has 0 fully saturated rings. The second kappa shape index (κ2) is 8.27. The monoisotopic (exact) mass is 281 g/mol. The van der Waals surface area contributed by atoms with Gasteiger partial charge in [-0.2, -0.15) is 0 Å². The fourth-order valence-corrected chi connectivity index (χ4v) is 1.41. The number of amides is 1. The van der Waals surface area contributed by atoms with Crippen molar-refractivity contribution in [2.75, 3.05) is 33.8 Å². The van der Waals surface area contributed by atoms with Gasteiger partial charge in [0.1, 0.15) is 5.82 Å². The van der Waals surface area contributed by atoms with Crippen molar-refractivity contribution in [1.82, 2.24) is 10.2 Å². The number of rotatable bonds is 5. The lowest BCUT2D eigenvalue weighted by molar-refractivity contribution is 0.0965. The molecule has 0 saturated heterocycles. The van der Waals surface area contributed by atoms with Crippen LogP contribution in [-0.2, 0) is 4.74 Å². The average Bonchev–Trinajstić information content (AvgIpc) is 2.38. The Hall–Kier alpha value is -1.95. The molecule has 0 radical (unpaired) electrons. The van der Waals surface area contributed by atoms with E-state index in [-0.39, 0.29) is 11.6 Å². The fourth-order valence-electron chi connectivity index (χ4n) is 1.41. The molecule has 0 heterocycles. The summed E-state index contributed by atoms with van der Waals surface area (Å²) >= 11 is 0. The molecule has 6 heteroatoms. The fraction of sp³-hybridized carbons (Fsp3) is 0.429. The zero-order valence-corrected chi connectivity index (χ0v) is 12.0. The number of nitrogens with one attached hydrogen (secondary N) is 1. The molecular weight excluding hydrogens is 261 g/mol. The van der Waals surface area contributed by atoms with Crippen LogP contribution in [0.25, 0.3) is 0 Å². The largest absolute Gasteiger partial charge is 0.465 e. The first-order chi connectivity index (χ1) is 9.52. The van der Waals surface area contributed by atoms with Gasteiger partial charge in [-0.3, -0.25) is 10.1 Å². The van der Waals surface area contributed by atoms with E-state index in [0.717, 1.165) is 6.54 Å². The van der Waals surface area contributed by atoms with Crippen molar-refractivity contribution in [2.24, 2.45) is 4.99 Å². The van der Waals surface area contributed by atoms with Crippen LogP contribution >= 0.6 is 0 Å². The summed E-state index contributed by atoms with van der Waals surface area (Å²) in [5, 5.41) is 2.54. The number of halogens is 1. The number of aliphatic imine (C=N–C) groups is 1. The smallest absolute Gasteiger partial charge is 0.291 e. The van der Waals surface area contributed by atoms with Gasteiger partial charge in [0.05, 0.1) is 13.2 Å². The second-order valence-electron chi connectivity index (χ2n) is 4.39. The van der Waals surface area contributed by atoms with Crippen LogP contribution in [0, 0.1) is 5.82 Å². The number of hydrogen-bond acceptors (Lipinski definition) is 4. The number of likely N-dealkylation sites (N-methyl/N-ethyl adjacent to an activating group) is 1.